The van der Waals surface area contributed by atoms with Crippen molar-refractivity contribution in [3.8, 4) is 0 Å². The first-order chi connectivity index (χ1) is 13.2. The van der Waals surface area contributed by atoms with Crippen LogP contribution in [0.3, 0.4) is 0 Å². The van der Waals surface area contributed by atoms with E-state index in [9.17, 15) is 0 Å². The molecule has 0 unspecified atom stereocenters. The molecule has 4 rings (SSSR count). The van der Waals surface area contributed by atoms with Gasteiger partial charge in [0.05, 0.1) is 6.54 Å². The third-order valence-electron chi connectivity index (χ3n) is 5.38. The summed E-state index contributed by atoms with van der Waals surface area (Å²) >= 11 is 0. The summed E-state index contributed by atoms with van der Waals surface area (Å²) in [6.07, 6.45) is 7.14. The topological polar surface area (TPSA) is 44.8 Å². The van der Waals surface area contributed by atoms with E-state index in [1.807, 2.05) is 12.4 Å². The molecule has 0 amide bonds. The van der Waals surface area contributed by atoms with Gasteiger partial charge in [-0.05, 0) is 62.9 Å². The number of likely N-dealkylation sites (tertiary alicyclic amines) is 1. The second kappa shape index (κ2) is 8.05. The van der Waals surface area contributed by atoms with Gasteiger partial charge < -0.3 is 4.98 Å². The normalized spacial score (nSPS) is 17.9. The van der Waals surface area contributed by atoms with Crippen molar-refractivity contribution in [2.24, 2.45) is 0 Å². The van der Waals surface area contributed by atoms with Gasteiger partial charge in [-0.2, -0.15) is 0 Å². The van der Waals surface area contributed by atoms with Gasteiger partial charge in [0.25, 0.3) is 0 Å². The summed E-state index contributed by atoms with van der Waals surface area (Å²) < 4.78 is 0. The zero-order chi connectivity index (χ0) is 18.6. The van der Waals surface area contributed by atoms with E-state index >= 15 is 0 Å². The molecule has 0 radical (unpaired) electrons. The molecule has 1 aliphatic rings. The third-order valence-corrected chi connectivity index (χ3v) is 5.38. The fourth-order valence-electron chi connectivity index (χ4n) is 4.17. The molecule has 3 aromatic rings. The molecule has 1 fully saturated rings. The van der Waals surface area contributed by atoms with Crippen LogP contribution in [0.5, 0.6) is 0 Å². The monoisotopic (exact) mass is 360 g/mol. The van der Waals surface area contributed by atoms with E-state index in [4.69, 9.17) is 4.98 Å². The van der Waals surface area contributed by atoms with Gasteiger partial charge in [0.1, 0.15) is 5.82 Å². The van der Waals surface area contributed by atoms with Gasteiger partial charge in [-0.15, -0.1) is 0 Å². The Morgan fingerprint density at radius 1 is 1.15 bits per heavy atom. The van der Waals surface area contributed by atoms with Crippen molar-refractivity contribution in [3.63, 3.8) is 0 Å². The van der Waals surface area contributed by atoms with Gasteiger partial charge in [0.2, 0.25) is 0 Å². The Morgan fingerprint density at radius 2 is 2.07 bits per heavy atom. The van der Waals surface area contributed by atoms with Gasteiger partial charge in [-0.25, -0.2) is 4.98 Å². The average molecular weight is 361 g/mol. The van der Waals surface area contributed by atoms with Crippen LogP contribution in [0.2, 0.25) is 0 Å². The first-order valence-corrected chi connectivity index (χ1v) is 9.89. The number of pyridine rings is 1. The van der Waals surface area contributed by atoms with Gasteiger partial charge in [-0.3, -0.25) is 9.88 Å². The van der Waals surface area contributed by atoms with Crippen LogP contribution in [-0.4, -0.2) is 32.9 Å². The number of rotatable bonds is 5. The Labute approximate surface area is 161 Å². The minimum Gasteiger partial charge on any atom is -0.348 e. The van der Waals surface area contributed by atoms with Gasteiger partial charge >= 0.3 is 0 Å². The quantitative estimate of drug-likeness (QED) is 0.734. The van der Waals surface area contributed by atoms with Crippen molar-refractivity contribution < 1.29 is 0 Å². The van der Waals surface area contributed by atoms with E-state index in [0.717, 1.165) is 37.6 Å². The van der Waals surface area contributed by atoms with Crippen molar-refractivity contribution in [2.45, 2.75) is 45.6 Å². The van der Waals surface area contributed by atoms with Gasteiger partial charge in [0.15, 0.2) is 0 Å². The van der Waals surface area contributed by atoms with E-state index in [-0.39, 0.29) is 0 Å². The molecule has 1 saturated heterocycles. The largest absolute Gasteiger partial charge is 0.348 e. The van der Waals surface area contributed by atoms with Crippen molar-refractivity contribution in [1.82, 2.24) is 19.9 Å². The fourth-order valence-corrected chi connectivity index (χ4v) is 4.17. The summed E-state index contributed by atoms with van der Waals surface area (Å²) in [5.74, 6) is 1.55. The maximum Gasteiger partial charge on any atom is 0.120 e. The highest BCUT2D eigenvalue weighted by Crippen LogP contribution is 2.28. The molecule has 1 atom stereocenters. The Kier molecular flexibility index (Phi) is 5.35. The highest BCUT2D eigenvalue weighted by molar-refractivity contribution is 5.31. The summed E-state index contributed by atoms with van der Waals surface area (Å²) in [5.41, 5.74) is 6.43. The maximum atomic E-state index is 4.90. The van der Waals surface area contributed by atoms with Crippen molar-refractivity contribution in [1.29, 1.82) is 0 Å². The van der Waals surface area contributed by atoms with Crippen LogP contribution in [-0.2, 0) is 13.0 Å². The second-order valence-corrected chi connectivity index (χ2v) is 7.82. The van der Waals surface area contributed by atoms with Crippen LogP contribution < -0.4 is 0 Å². The van der Waals surface area contributed by atoms with Crippen LogP contribution in [0, 0.1) is 13.8 Å². The zero-order valence-electron chi connectivity index (χ0n) is 16.3. The Morgan fingerprint density at radius 3 is 2.89 bits per heavy atom. The fraction of sp³-hybridized carbons (Fsp3) is 0.391. The molecular weight excluding hydrogens is 332 g/mol. The SMILES string of the molecule is Cc1cccc(Cc2cc(C)nc([C@@H]3CCCN(Cc4ncc[nH]4)C3)c2)c1. The first-order valence-electron chi connectivity index (χ1n) is 9.89. The number of hydrogen-bond acceptors (Lipinski definition) is 3. The molecule has 1 aromatic carbocycles. The van der Waals surface area contributed by atoms with E-state index in [2.05, 4.69) is 65.1 Å². The Hall–Kier alpha value is -2.46. The predicted molar refractivity (Wildman–Crippen MR) is 109 cm³/mol. The number of H-pyrrole nitrogens is 1. The van der Waals surface area contributed by atoms with Gasteiger partial charge in [0, 0.05) is 36.2 Å². The lowest BCUT2D eigenvalue weighted by Gasteiger charge is -2.32. The minimum atomic E-state index is 0.505. The van der Waals surface area contributed by atoms with Crippen molar-refractivity contribution in [3.05, 3.63) is 82.7 Å². The van der Waals surface area contributed by atoms with Crippen LogP contribution in [0.4, 0.5) is 0 Å². The molecule has 0 saturated carbocycles. The van der Waals surface area contributed by atoms with Crippen LogP contribution in [0.25, 0.3) is 0 Å². The predicted octanol–water partition coefficient (Wildman–Crippen LogP) is 4.39. The molecule has 2 aromatic heterocycles. The average Bonchev–Trinajstić information content (AvgIpc) is 3.14. The van der Waals surface area contributed by atoms with Crippen LogP contribution >= 0.6 is 0 Å². The molecule has 1 aliphatic heterocycles. The molecule has 4 heteroatoms. The standard InChI is InChI=1S/C23H28N4/c1-17-5-3-6-19(11-17)13-20-12-18(2)26-22(14-20)21-7-4-10-27(15-21)16-23-24-8-9-25-23/h3,5-6,8-9,11-12,14,21H,4,7,10,13,15-16H2,1-2H3,(H,24,25)/t21-/m1/s1. The van der Waals surface area contributed by atoms with Crippen LogP contribution in [0.1, 0.15) is 52.7 Å². The summed E-state index contributed by atoms with van der Waals surface area (Å²) in [6.45, 7) is 7.36. The Balaban J connectivity index is 1.50. The number of aromatic nitrogens is 3. The lowest BCUT2D eigenvalue weighted by Crippen LogP contribution is -2.34. The molecular formula is C23H28N4. The number of nitrogens with zero attached hydrogens (tertiary/aromatic N) is 3. The summed E-state index contributed by atoms with van der Waals surface area (Å²) in [5, 5.41) is 0. The van der Waals surface area contributed by atoms with Crippen LogP contribution in [0.15, 0.2) is 48.8 Å². The second-order valence-electron chi connectivity index (χ2n) is 7.82. The lowest BCUT2D eigenvalue weighted by atomic mass is 9.92. The maximum absolute atomic E-state index is 4.90. The number of aromatic amines is 1. The smallest absolute Gasteiger partial charge is 0.120 e. The van der Waals surface area contributed by atoms with E-state index in [1.165, 1.54) is 35.2 Å². The number of aryl methyl sites for hydroxylation is 2. The molecule has 27 heavy (non-hydrogen) atoms. The molecule has 0 bridgehead atoms. The first kappa shape index (κ1) is 17.9. The molecule has 0 aliphatic carbocycles. The molecule has 4 nitrogen and oxygen atoms in total. The van der Waals surface area contributed by atoms with E-state index in [0.29, 0.717) is 5.92 Å². The molecule has 140 valence electrons. The van der Waals surface area contributed by atoms with E-state index in [1.54, 1.807) is 0 Å². The van der Waals surface area contributed by atoms with Gasteiger partial charge in [-0.1, -0.05) is 29.8 Å². The highest BCUT2D eigenvalue weighted by Gasteiger charge is 2.23. The minimum absolute atomic E-state index is 0.505. The highest BCUT2D eigenvalue weighted by atomic mass is 15.2. The summed E-state index contributed by atoms with van der Waals surface area (Å²) in [4.78, 5) is 15.0. The number of hydrogen-bond donors (Lipinski definition) is 1. The molecule has 1 N–H and O–H groups in total. The number of nitrogens with one attached hydrogen (secondary N) is 1. The zero-order valence-corrected chi connectivity index (χ0v) is 16.3. The summed E-state index contributed by atoms with van der Waals surface area (Å²) in [6, 6.07) is 13.4. The number of piperidine rings is 1. The van der Waals surface area contributed by atoms with Crippen molar-refractivity contribution in [2.75, 3.05) is 13.1 Å². The molecule has 3 heterocycles. The summed E-state index contributed by atoms with van der Waals surface area (Å²) in [7, 11) is 0. The van der Waals surface area contributed by atoms with Crippen molar-refractivity contribution >= 4 is 0 Å². The number of benzene rings is 1. The third kappa shape index (κ3) is 4.64. The van der Waals surface area contributed by atoms with E-state index < -0.39 is 0 Å². The molecule has 0 spiro atoms. The lowest BCUT2D eigenvalue weighted by molar-refractivity contribution is 0.194. The number of imidazole rings is 1. The Bertz CT molecular complexity index is 885.